The predicted molar refractivity (Wildman–Crippen MR) is 327 cm³/mol. The van der Waals surface area contributed by atoms with Gasteiger partial charge >= 0.3 is 7.82 Å². The van der Waals surface area contributed by atoms with Crippen LogP contribution in [0.2, 0.25) is 0 Å². The Balaban J connectivity index is 4.13. The molecular formula is C66H128N2O6P+. The fourth-order valence-electron chi connectivity index (χ4n) is 9.68. The van der Waals surface area contributed by atoms with E-state index in [9.17, 15) is 19.4 Å². The maximum absolute atomic E-state index is 13.0. The average molecular weight is 1080 g/mol. The third kappa shape index (κ3) is 60.0. The van der Waals surface area contributed by atoms with Gasteiger partial charge in [0.1, 0.15) is 13.2 Å². The van der Waals surface area contributed by atoms with Crippen molar-refractivity contribution in [3.63, 3.8) is 0 Å². The number of phosphoric ester groups is 1. The summed E-state index contributed by atoms with van der Waals surface area (Å²) in [7, 11) is 1.56. The highest BCUT2D eigenvalue weighted by Gasteiger charge is 2.27. The molecule has 3 N–H and O–H groups in total. The molecule has 0 aliphatic carbocycles. The summed E-state index contributed by atoms with van der Waals surface area (Å²) in [5, 5.41) is 14.0. The molecule has 75 heavy (non-hydrogen) atoms. The lowest BCUT2D eigenvalue weighted by molar-refractivity contribution is -0.870. The van der Waals surface area contributed by atoms with Crippen molar-refractivity contribution >= 4 is 13.7 Å². The first kappa shape index (κ1) is 73.5. The second kappa shape index (κ2) is 57.2. The summed E-state index contributed by atoms with van der Waals surface area (Å²) in [6, 6.07) is -0.868. The first-order valence-corrected chi connectivity index (χ1v) is 34.0. The number of carbonyl (C=O) groups excluding carboxylic acids is 1. The van der Waals surface area contributed by atoms with Crippen molar-refractivity contribution in [2.24, 2.45) is 0 Å². The van der Waals surface area contributed by atoms with Crippen LogP contribution >= 0.6 is 7.82 Å². The van der Waals surface area contributed by atoms with Crippen molar-refractivity contribution < 1.29 is 32.9 Å². The molecule has 0 aliphatic rings. The molecule has 0 heterocycles. The van der Waals surface area contributed by atoms with Crippen LogP contribution in [0.3, 0.4) is 0 Å². The van der Waals surface area contributed by atoms with E-state index < -0.39 is 20.0 Å². The van der Waals surface area contributed by atoms with E-state index in [4.69, 9.17) is 9.05 Å². The van der Waals surface area contributed by atoms with E-state index in [1.807, 2.05) is 27.2 Å². The van der Waals surface area contributed by atoms with Crippen LogP contribution in [-0.4, -0.2) is 73.4 Å². The van der Waals surface area contributed by atoms with Crippen LogP contribution in [0.1, 0.15) is 316 Å². The second-order valence-electron chi connectivity index (χ2n) is 23.5. The number of carbonyl (C=O) groups is 1. The highest BCUT2D eigenvalue weighted by Crippen LogP contribution is 2.43. The van der Waals surface area contributed by atoms with E-state index in [0.717, 1.165) is 44.9 Å². The maximum atomic E-state index is 13.0. The zero-order chi connectivity index (χ0) is 54.9. The Kier molecular flexibility index (Phi) is 56.0. The lowest BCUT2D eigenvalue weighted by Crippen LogP contribution is -2.45. The standard InChI is InChI=1S/C66H127N2O6P/c1-6-8-10-12-14-16-18-20-22-24-26-28-29-30-31-32-33-34-35-36-37-38-40-41-43-45-47-49-51-53-55-57-59-65(69)64(63-74-75(71,72)73-62-61-68(3,4)5)67-66(70)60-58-56-54-52-50-48-46-44-42-39-27-25-23-21-19-17-15-13-11-9-7-2/h19,21,25,27,49,51,57,59,64-65,69H,6-18,20,22-24,26,28-48,50,52-56,58,60-63H2,1-5H3,(H-,67,70,71,72)/p+1/b21-19-,27-25-,51-49+,59-57+. The summed E-state index contributed by atoms with van der Waals surface area (Å²) >= 11 is 0. The number of rotatable bonds is 60. The van der Waals surface area contributed by atoms with E-state index >= 15 is 0 Å². The minimum absolute atomic E-state index is 0.0548. The number of likely N-dealkylation sites (N-methyl/N-ethyl adjacent to an activating group) is 1. The Morgan fingerprint density at radius 3 is 1.15 bits per heavy atom. The van der Waals surface area contributed by atoms with Crippen molar-refractivity contribution in [2.75, 3.05) is 40.9 Å². The summed E-state index contributed by atoms with van der Waals surface area (Å²) in [4.78, 5) is 23.3. The SMILES string of the molecule is CCCCCCC/C=C\C/C=C\CCCCCCCCCCCC(=O)NC(COP(=O)(O)OCC[N+](C)(C)C)C(O)/C=C/CC/C=C/CCCCCCCCCCCCCCCCCCCCCCCCCCCC. The van der Waals surface area contributed by atoms with Gasteiger partial charge in [0, 0.05) is 6.42 Å². The van der Waals surface area contributed by atoms with Gasteiger partial charge in [0.05, 0.1) is 39.9 Å². The van der Waals surface area contributed by atoms with Crippen LogP contribution in [0, 0.1) is 0 Å². The molecule has 8 nitrogen and oxygen atoms in total. The number of quaternary nitrogens is 1. The normalized spacial score (nSPS) is 14.1. The molecule has 0 aromatic rings. The van der Waals surface area contributed by atoms with Gasteiger partial charge in [-0.05, 0) is 64.2 Å². The number of aliphatic hydroxyl groups is 1. The Morgan fingerprint density at radius 2 is 0.773 bits per heavy atom. The molecule has 0 saturated carbocycles. The molecule has 1 amide bonds. The maximum Gasteiger partial charge on any atom is 0.472 e. The third-order valence-electron chi connectivity index (χ3n) is 14.8. The van der Waals surface area contributed by atoms with Crippen LogP contribution < -0.4 is 5.32 Å². The minimum atomic E-state index is -4.36. The van der Waals surface area contributed by atoms with Crippen LogP contribution in [-0.2, 0) is 18.4 Å². The first-order chi connectivity index (χ1) is 36.5. The molecule has 0 aliphatic heterocycles. The number of allylic oxidation sites excluding steroid dienone is 7. The summed E-state index contributed by atoms with van der Waals surface area (Å²) in [5.41, 5.74) is 0. The molecule has 0 aromatic heterocycles. The Morgan fingerprint density at radius 1 is 0.453 bits per heavy atom. The van der Waals surface area contributed by atoms with Gasteiger partial charge in [0.25, 0.3) is 0 Å². The first-order valence-electron chi connectivity index (χ1n) is 32.5. The van der Waals surface area contributed by atoms with Crippen molar-refractivity contribution in [3.05, 3.63) is 48.6 Å². The topological polar surface area (TPSA) is 105 Å². The summed E-state index contributed by atoms with van der Waals surface area (Å²) < 4.78 is 23.7. The third-order valence-corrected chi connectivity index (χ3v) is 15.8. The highest BCUT2D eigenvalue weighted by atomic mass is 31.2. The smallest absolute Gasteiger partial charge is 0.387 e. The van der Waals surface area contributed by atoms with Crippen LogP contribution in [0.5, 0.6) is 0 Å². The van der Waals surface area contributed by atoms with Gasteiger partial charge < -0.3 is 19.8 Å². The van der Waals surface area contributed by atoms with E-state index in [-0.39, 0.29) is 19.1 Å². The molecule has 0 radical (unpaired) electrons. The fourth-order valence-corrected chi connectivity index (χ4v) is 10.4. The summed E-state index contributed by atoms with van der Waals surface area (Å²) in [5.74, 6) is -0.188. The molecule has 442 valence electrons. The molecule has 0 spiro atoms. The van der Waals surface area contributed by atoms with Crippen molar-refractivity contribution in [2.45, 2.75) is 328 Å². The molecular weight excluding hydrogens is 948 g/mol. The molecule has 3 atom stereocenters. The molecule has 0 rings (SSSR count). The van der Waals surface area contributed by atoms with Crippen LogP contribution in [0.15, 0.2) is 48.6 Å². The van der Waals surface area contributed by atoms with E-state index in [0.29, 0.717) is 17.4 Å². The van der Waals surface area contributed by atoms with Crippen LogP contribution in [0.25, 0.3) is 0 Å². The van der Waals surface area contributed by atoms with Gasteiger partial charge in [-0.25, -0.2) is 4.57 Å². The van der Waals surface area contributed by atoms with Gasteiger partial charge in [-0.3, -0.25) is 13.8 Å². The minimum Gasteiger partial charge on any atom is -0.387 e. The molecule has 0 saturated heterocycles. The fraction of sp³-hybridized carbons (Fsp3) is 0.864. The number of nitrogens with one attached hydrogen (secondary N) is 1. The summed E-state index contributed by atoms with van der Waals surface area (Å²) in [6.45, 7) is 4.82. The molecule has 0 aromatic carbocycles. The summed E-state index contributed by atoms with van der Waals surface area (Å²) in [6.07, 6.45) is 76.8. The van der Waals surface area contributed by atoms with E-state index in [1.54, 1.807) is 6.08 Å². The number of phosphoric acid groups is 1. The predicted octanol–water partition coefficient (Wildman–Crippen LogP) is 20.3. The second-order valence-corrected chi connectivity index (χ2v) is 24.9. The molecule has 0 fully saturated rings. The Bertz CT molecular complexity index is 1360. The van der Waals surface area contributed by atoms with Gasteiger partial charge in [-0.2, -0.15) is 0 Å². The van der Waals surface area contributed by atoms with E-state index in [2.05, 4.69) is 55.6 Å². The lowest BCUT2D eigenvalue weighted by atomic mass is 10.0. The van der Waals surface area contributed by atoms with Gasteiger partial charge in [-0.15, -0.1) is 0 Å². The largest absolute Gasteiger partial charge is 0.472 e. The highest BCUT2D eigenvalue weighted by molar-refractivity contribution is 7.47. The zero-order valence-electron chi connectivity index (χ0n) is 50.6. The van der Waals surface area contributed by atoms with Crippen molar-refractivity contribution in [1.82, 2.24) is 5.32 Å². The number of nitrogens with zero attached hydrogens (tertiary/aromatic N) is 1. The van der Waals surface area contributed by atoms with Gasteiger partial charge in [0.15, 0.2) is 0 Å². The van der Waals surface area contributed by atoms with Gasteiger partial charge in [0.2, 0.25) is 5.91 Å². The Labute approximate surface area is 467 Å². The van der Waals surface area contributed by atoms with Crippen LogP contribution in [0.4, 0.5) is 0 Å². The monoisotopic (exact) mass is 1080 g/mol. The number of amides is 1. The average Bonchev–Trinajstić information content (AvgIpc) is 3.37. The molecule has 0 bridgehead atoms. The number of hydrogen-bond acceptors (Lipinski definition) is 5. The zero-order valence-corrected chi connectivity index (χ0v) is 51.4. The number of aliphatic hydroxyl groups excluding tert-OH is 1. The Hall–Kier alpha value is -1.54. The van der Waals surface area contributed by atoms with Crippen molar-refractivity contribution in [3.8, 4) is 0 Å². The number of unbranched alkanes of at least 4 members (excludes halogenated alkanes) is 41. The van der Waals surface area contributed by atoms with Gasteiger partial charge in [-0.1, -0.05) is 294 Å². The lowest BCUT2D eigenvalue weighted by Gasteiger charge is -2.25. The quantitative estimate of drug-likeness (QED) is 0.0243. The molecule has 9 heteroatoms. The number of hydrogen-bond donors (Lipinski definition) is 3. The van der Waals surface area contributed by atoms with Crippen molar-refractivity contribution in [1.29, 1.82) is 0 Å². The van der Waals surface area contributed by atoms with E-state index in [1.165, 1.54) is 250 Å². The molecule has 3 unspecified atom stereocenters.